The normalized spacial score (nSPS) is 11.0. The largest absolute Gasteiger partial charge is 0.508 e. The summed E-state index contributed by atoms with van der Waals surface area (Å²) in [5.74, 6) is 1.37. The predicted octanol–water partition coefficient (Wildman–Crippen LogP) is 4.78. The molecule has 0 heterocycles. The SMILES string of the molecule is CC(C)COc1ccc(C(=O)c2cccc(O)c2C(C)C)cc1. The Balaban J connectivity index is 2.26. The van der Waals surface area contributed by atoms with Crippen molar-refractivity contribution in [3.8, 4) is 11.5 Å². The molecule has 0 fully saturated rings. The van der Waals surface area contributed by atoms with E-state index in [-0.39, 0.29) is 17.5 Å². The molecule has 3 nitrogen and oxygen atoms in total. The monoisotopic (exact) mass is 312 g/mol. The van der Waals surface area contributed by atoms with E-state index in [1.54, 1.807) is 30.3 Å². The number of ether oxygens (including phenoxy) is 1. The lowest BCUT2D eigenvalue weighted by atomic mass is 9.91. The van der Waals surface area contributed by atoms with Crippen molar-refractivity contribution >= 4 is 5.78 Å². The van der Waals surface area contributed by atoms with Crippen LogP contribution in [0, 0.1) is 5.92 Å². The molecule has 0 aliphatic carbocycles. The fourth-order valence-corrected chi connectivity index (χ4v) is 2.48. The third kappa shape index (κ3) is 4.13. The molecule has 2 aromatic carbocycles. The van der Waals surface area contributed by atoms with Gasteiger partial charge < -0.3 is 9.84 Å². The molecule has 0 radical (unpaired) electrons. The average molecular weight is 312 g/mol. The second-order valence-electron chi connectivity index (χ2n) is 6.45. The van der Waals surface area contributed by atoms with Crippen LogP contribution in [0.3, 0.4) is 0 Å². The van der Waals surface area contributed by atoms with E-state index in [2.05, 4.69) is 13.8 Å². The smallest absolute Gasteiger partial charge is 0.193 e. The molecular weight excluding hydrogens is 288 g/mol. The van der Waals surface area contributed by atoms with Crippen LogP contribution in [0.2, 0.25) is 0 Å². The molecule has 23 heavy (non-hydrogen) atoms. The zero-order valence-corrected chi connectivity index (χ0v) is 14.2. The predicted molar refractivity (Wildman–Crippen MR) is 92.4 cm³/mol. The van der Waals surface area contributed by atoms with Crippen LogP contribution in [0.1, 0.15) is 55.1 Å². The summed E-state index contributed by atoms with van der Waals surface area (Å²) < 4.78 is 5.64. The minimum absolute atomic E-state index is 0.0730. The molecule has 0 spiro atoms. The lowest BCUT2D eigenvalue weighted by molar-refractivity contribution is 0.103. The molecule has 2 rings (SSSR count). The van der Waals surface area contributed by atoms with Crippen molar-refractivity contribution in [2.75, 3.05) is 6.61 Å². The van der Waals surface area contributed by atoms with Gasteiger partial charge in [0.05, 0.1) is 6.61 Å². The van der Waals surface area contributed by atoms with Gasteiger partial charge in [0.15, 0.2) is 5.78 Å². The van der Waals surface area contributed by atoms with E-state index in [9.17, 15) is 9.90 Å². The number of ketones is 1. The van der Waals surface area contributed by atoms with Crippen LogP contribution in [-0.4, -0.2) is 17.5 Å². The van der Waals surface area contributed by atoms with E-state index in [4.69, 9.17) is 4.74 Å². The average Bonchev–Trinajstić information content (AvgIpc) is 2.52. The van der Waals surface area contributed by atoms with Gasteiger partial charge in [0.1, 0.15) is 11.5 Å². The summed E-state index contributed by atoms with van der Waals surface area (Å²) in [6.45, 7) is 8.77. The van der Waals surface area contributed by atoms with E-state index >= 15 is 0 Å². The summed E-state index contributed by atoms with van der Waals surface area (Å²) >= 11 is 0. The standard InChI is InChI=1S/C20H24O3/c1-13(2)12-23-16-10-8-15(9-11-16)20(22)17-6-5-7-18(21)19(17)14(3)4/h5-11,13-14,21H,12H2,1-4H3. The van der Waals surface area contributed by atoms with Gasteiger partial charge in [0.25, 0.3) is 0 Å². The van der Waals surface area contributed by atoms with Crippen LogP contribution >= 0.6 is 0 Å². The molecule has 0 saturated heterocycles. The number of benzene rings is 2. The number of aromatic hydroxyl groups is 1. The van der Waals surface area contributed by atoms with E-state index in [1.807, 2.05) is 26.0 Å². The van der Waals surface area contributed by atoms with Gasteiger partial charge in [0.2, 0.25) is 0 Å². The van der Waals surface area contributed by atoms with Crippen molar-refractivity contribution in [1.29, 1.82) is 0 Å². The molecule has 0 aliphatic heterocycles. The highest BCUT2D eigenvalue weighted by molar-refractivity contribution is 6.10. The van der Waals surface area contributed by atoms with Crippen LogP contribution in [0.5, 0.6) is 11.5 Å². The van der Waals surface area contributed by atoms with Crippen molar-refractivity contribution in [2.24, 2.45) is 5.92 Å². The van der Waals surface area contributed by atoms with Crippen molar-refractivity contribution < 1.29 is 14.6 Å². The van der Waals surface area contributed by atoms with Crippen molar-refractivity contribution in [1.82, 2.24) is 0 Å². The van der Waals surface area contributed by atoms with Crippen molar-refractivity contribution in [2.45, 2.75) is 33.6 Å². The quantitative estimate of drug-likeness (QED) is 0.781. The summed E-state index contributed by atoms with van der Waals surface area (Å²) in [5.41, 5.74) is 1.84. The van der Waals surface area contributed by atoms with Gasteiger partial charge in [-0.25, -0.2) is 0 Å². The third-order valence-corrected chi connectivity index (χ3v) is 3.60. The minimum Gasteiger partial charge on any atom is -0.508 e. The molecule has 0 amide bonds. The fourth-order valence-electron chi connectivity index (χ4n) is 2.48. The second kappa shape index (κ2) is 7.32. The molecule has 3 heteroatoms. The first-order valence-corrected chi connectivity index (χ1v) is 7.99. The third-order valence-electron chi connectivity index (χ3n) is 3.60. The Bertz CT molecular complexity index is 670. The Kier molecular flexibility index (Phi) is 5.43. The molecule has 2 aromatic rings. The summed E-state index contributed by atoms with van der Waals surface area (Å²) in [5, 5.41) is 10.1. The molecule has 0 saturated carbocycles. The molecular formula is C20H24O3. The molecule has 0 aromatic heterocycles. The Labute approximate surface area is 137 Å². The Morgan fingerprint density at radius 2 is 1.70 bits per heavy atom. The first-order chi connectivity index (χ1) is 10.9. The highest BCUT2D eigenvalue weighted by Gasteiger charge is 2.18. The van der Waals surface area contributed by atoms with Crippen molar-refractivity contribution in [3.63, 3.8) is 0 Å². The number of phenols is 1. The van der Waals surface area contributed by atoms with Gasteiger partial charge in [-0.1, -0.05) is 39.8 Å². The van der Waals surface area contributed by atoms with Crippen LogP contribution < -0.4 is 4.74 Å². The van der Waals surface area contributed by atoms with E-state index in [1.165, 1.54) is 0 Å². The molecule has 0 unspecified atom stereocenters. The zero-order valence-electron chi connectivity index (χ0n) is 14.2. The maximum atomic E-state index is 12.7. The van der Waals surface area contributed by atoms with Crippen molar-refractivity contribution in [3.05, 3.63) is 59.2 Å². The van der Waals surface area contributed by atoms with Crippen LogP contribution in [0.4, 0.5) is 0 Å². The highest BCUT2D eigenvalue weighted by atomic mass is 16.5. The summed E-state index contributed by atoms with van der Waals surface area (Å²) in [6.07, 6.45) is 0. The molecule has 1 N–H and O–H groups in total. The maximum Gasteiger partial charge on any atom is 0.193 e. The first kappa shape index (κ1) is 17.1. The van der Waals surface area contributed by atoms with Gasteiger partial charge in [-0.2, -0.15) is 0 Å². The second-order valence-corrected chi connectivity index (χ2v) is 6.45. The number of carbonyl (C=O) groups is 1. The fraction of sp³-hybridized carbons (Fsp3) is 0.350. The topological polar surface area (TPSA) is 46.5 Å². The van der Waals surface area contributed by atoms with Gasteiger partial charge in [-0.05, 0) is 42.2 Å². The Morgan fingerprint density at radius 3 is 2.26 bits per heavy atom. The maximum absolute atomic E-state index is 12.7. The lowest BCUT2D eigenvalue weighted by Gasteiger charge is -2.14. The number of phenolic OH excluding ortho intramolecular Hbond substituents is 1. The van der Waals surface area contributed by atoms with Crippen LogP contribution in [-0.2, 0) is 0 Å². The molecule has 122 valence electrons. The van der Waals surface area contributed by atoms with E-state index < -0.39 is 0 Å². The minimum atomic E-state index is -0.0833. The molecule has 0 aliphatic rings. The molecule has 0 bridgehead atoms. The summed E-state index contributed by atoms with van der Waals surface area (Å²) in [7, 11) is 0. The first-order valence-electron chi connectivity index (χ1n) is 7.99. The van der Waals surface area contributed by atoms with E-state index in [0.717, 1.165) is 5.75 Å². The van der Waals surface area contributed by atoms with E-state index in [0.29, 0.717) is 29.2 Å². The lowest BCUT2D eigenvalue weighted by Crippen LogP contribution is -2.07. The number of hydrogen-bond acceptors (Lipinski definition) is 3. The summed E-state index contributed by atoms with van der Waals surface area (Å²) in [4.78, 5) is 12.7. The number of carbonyl (C=O) groups excluding carboxylic acids is 1. The van der Waals surface area contributed by atoms with Crippen LogP contribution in [0.25, 0.3) is 0 Å². The van der Waals surface area contributed by atoms with Gasteiger partial charge >= 0.3 is 0 Å². The number of hydrogen-bond donors (Lipinski definition) is 1. The Hall–Kier alpha value is -2.29. The highest BCUT2D eigenvalue weighted by Crippen LogP contribution is 2.30. The van der Waals surface area contributed by atoms with Gasteiger partial charge in [-0.3, -0.25) is 4.79 Å². The molecule has 0 atom stereocenters. The summed E-state index contributed by atoms with van der Waals surface area (Å²) in [6, 6.07) is 12.3. The van der Waals surface area contributed by atoms with Crippen LogP contribution in [0.15, 0.2) is 42.5 Å². The Morgan fingerprint density at radius 1 is 1.04 bits per heavy atom. The van der Waals surface area contributed by atoms with Gasteiger partial charge in [-0.15, -0.1) is 0 Å². The number of rotatable bonds is 6. The van der Waals surface area contributed by atoms with Gasteiger partial charge in [0, 0.05) is 16.7 Å². The zero-order chi connectivity index (χ0) is 17.0.